The average Bonchev–Trinajstić information content (AvgIpc) is 3.35. The maximum Gasteiger partial charge on any atom is 0.262 e. The summed E-state index contributed by atoms with van der Waals surface area (Å²) in [5.41, 5.74) is 8.72. The molecule has 0 amide bonds. The molecule has 0 saturated heterocycles. The van der Waals surface area contributed by atoms with Crippen LogP contribution in [0.4, 0.5) is 5.69 Å². The molecule has 3 nitrogen and oxygen atoms in total. The van der Waals surface area contributed by atoms with E-state index >= 15 is 0 Å². The molecule has 5 rings (SSSR count). The number of allylic oxidation sites excluding steroid dienone is 2. The van der Waals surface area contributed by atoms with Crippen LogP contribution in [0.2, 0.25) is 0 Å². The van der Waals surface area contributed by atoms with Crippen LogP contribution in [0.3, 0.4) is 0 Å². The van der Waals surface area contributed by atoms with E-state index in [2.05, 4.69) is 117 Å². The van der Waals surface area contributed by atoms with Crippen LogP contribution in [0, 0.1) is 13.8 Å². The number of rotatable bonds is 5. The van der Waals surface area contributed by atoms with Crippen molar-refractivity contribution in [2.45, 2.75) is 41.2 Å². The first kappa shape index (κ1) is 22.4. The molecule has 0 unspecified atom stereocenters. The van der Waals surface area contributed by atoms with E-state index in [-0.39, 0.29) is 0 Å². The van der Waals surface area contributed by atoms with E-state index in [1.165, 1.54) is 43.1 Å². The maximum atomic E-state index is 6.30. The van der Waals surface area contributed by atoms with Crippen LogP contribution in [0.5, 0.6) is 5.75 Å². The van der Waals surface area contributed by atoms with Crippen molar-refractivity contribution < 1.29 is 9.30 Å². The molecule has 1 aromatic heterocycles. The number of ether oxygens (including phenoxy) is 1. The summed E-state index contributed by atoms with van der Waals surface area (Å²) in [4.78, 5) is 2.25. The molecule has 34 heavy (non-hydrogen) atoms. The molecule has 0 saturated carbocycles. The van der Waals surface area contributed by atoms with Gasteiger partial charge in [-0.15, -0.1) is 0 Å². The average molecular weight is 468 g/mol. The molecule has 0 N–H and O–H groups in total. The summed E-state index contributed by atoms with van der Waals surface area (Å²) in [5.74, 6) is 1.80. The van der Waals surface area contributed by atoms with Crippen molar-refractivity contribution in [3.63, 3.8) is 0 Å². The minimum absolute atomic E-state index is 0.848. The van der Waals surface area contributed by atoms with Gasteiger partial charge in [0.2, 0.25) is 11.4 Å². The van der Waals surface area contributed by atoms with Crippen molar-refractivity contribution in [1.29, 1.82) is 0 Å². The van der Waals surface area contributed by atoms with Gasteiger partial charge in [0.1, 0.15) is 11.2 Å². The molecule has 3 aromatic carbocycles. The van der Waals surface area contributed by atoms with Crippen LogP contribution in [-0.4, -0.2) is 6.54 Å². The predicted octanol–water partition coefficient (Wildman–Crippen LogP) is 7.66. The second-order valence-electron chi connectivity index (χ2n) is 8.85. The molecule has 172 valence electrons. The fourth-order valence-corrected chi connectivity index (χ4v) is 5.88. The Morgan fingerprint density at radius 3 is 2.47 bits per heavy atom. The molecule has 0 fully saturated rings. The van der Waals surface area contributed by atoms with Gasteiger partial charge in [0.15, 0.2) is 5.75 Å². The van der Waals surface area contributed by atoms with Crippen LogP contribution in [-0.2, 0) is 6.54 Å². The standard InChI is InChI=1S/C30H31N2OS/c1-6-31-25-19-24(23-11-9-8-10-12-23)13-14-27(25)33-29(31)15-20(3)16-30-32(7-2)26-17-21(4)22(5)18-28(26)34-30/h8-19H,6-7H2,1-5H3/q+1. The summed E-state index contributed by atoms with van der Waals surface area (Å²) >= 11 is 1.85. The molecule has 0 atom stereocenters. The molecule has 4 aromatic rings. The summed E-state index contributed by atoms with van der Waals surface area (Å²) < 4.78 is 10.0. The lowest BCUT2D eigenvalue weighted by Gasteiger charge is -2.16. The minimum Gasteiger partial charge on any atom is -0.439 e. The van der Waals surface area contributed by atoms with Gasteiger partial charge in [-0.3, -0.25) is 0 Å². The lowest BCUT2D eigenvalue weighted by molar-refractivity contribution is -0.665. The van der Waals surface area contributed by atoms with Gasteiger partial charge < -0.3 is 9.64 Å². The second kappa shape index (κ2) is 9.11. The monoisotopic (exact) mass is 467 g/mol. The maximum absolute atomic E-state index is 6.30. The second-order valence-corrected chi connectivity index (χ2v) is 9.92. The largest absolute Gasteiger partial charge is 0.439 e. The van der Waals surface area contributed by atoms with Crippen LogP contribution < -0.4 is 14.2 Å². The Balaban J connectivity index is 1.49. The summed E-state index contributed by atoms with van der Waals surface area (Å²) in [6.45, 7) is 12.7. The van der Waals surface area contributed by atoms with Gasteiger partial charge in [-0.05, 0) is 80.6 Å². The van der Waals surface area contributed by atoms with Gasteiger partial charge in [0.05, 0.1) is 5.69 Å². The highest BCUT2D eigenvalue weighted by molar-refractivity contribution is 7.18. The molecule has 0 spiro atoms. The highest BCUT2D eigenvalue weighted by Gasteiger charge is 2.26. The zero-order chi connectivity index (χ0) is 23.8. The van der Waals surface area contributed by atoms with Gasteiger partial charge in [-0.1, -0.05) is 47.7 Å². The number of aromatic nitrogens is 1. The van der Waals surface area contributed by atoms with Crippen molar-refractivity contribution in [1.82, 2.24) is 0 Å². The molecule has 1 aliphatic rings. The van der Waals surface area contributed by atoms with Gasteiger partial charge in [-0.25, -0.2) is 0 Å². The quantitative estimate of drug-likeness (QED) is 0.280. The molecular formula is C30H31N2OS+. The van der Waals surface area contributed by atoms with Crippen molar-refractivity contribution in [3.8, 4) is 16.9 Å². The van der Waals surface area contributed by atoms with E-state index in [1.54, 1.807) is 0 Å². The number of fused-ring (bicyclic) bond motifs is 2. The Morgan fingerprint density at radius 1 is 0.971 bits per heavy atom. The van der Waals surface area contributed by atoms with Gasteiger partial charge in [0, 0.05) is 24.8 Å². The first-order valence-electron chi connectivity index (χ1n) is 12.0. The topological polar surface area (TPSA) is 16.4 Å². The Morgan fingerprint density at radius 2 is 1.74 bits per heavy atom. The zero-order valence-electron chi connectivity index (χ0n) is 20.6. The van der Waals surface area contributed by atoms with Crippen LogP contribution in [0.25, 0.3) is 27.4 Å². The summed E-state index contributed by atoms with van der Waals surface area (Å²) in [6.07, 6.45) is 4.44. The van der Waals surface area contributed by atoms with Crippen LogP contribution in [0.15, 0.2) is 78.2 Å². The number of anilines is 1. The fraction of sp³-hybridized carbons (Fsp3) is 0.233. The van der Waals surface area contributed by atoms with Crippen molar-refractivity contribution >= 4 is 33.3 Å². The SMILES string of the molecule is CCN1/C(=C/C(C)=Cc2sc3cc(C)c(C)cc3[n+]2CC)Oc2ccc(-c3ccccc3)cc21. The summed E-state index contributed by atoms with van der Waals surface area (Å²) in [5, 5.41) is 1.27. The Bertz CT molecular complexity index is 1430. The van der Waals surface area contributed by atoms with Crippen molar-refractivity contribution in [3.05, 3.63) is 94.3 Å². The number of aryl methyl sites for hydroxylation is 3. The third-order valence-electron chi connectivity index (χ3n) is 6.52. The third kappa shape index (κ3) is 4.03. The lowest BCUT2D eigenvalue weighted by Crippen LogP contribution is -2.33. The molecule has 0 bridgehead atoms. The van der Waals surface area contributed by atoms with Gasteiger partial charge in [0.25, 0.3) is 5.01 Å². The fourth-order valence-electron chi connectivity index (χ4n) is 4.56. The first-order valence-corrected chi connectivity index (χ1v) is 12.8. The van der Waals surface area contributed by atoms with E-state index < -0.39 is 0 Å². The highest BCUT2D eigenvalue weighted by atomic mass is 32.1. The number of benzene rings is 3. The Hall–Kier alpha value is -3.37. The third-order valence-corrected chi connectivity index (χ3v) is 7.61. The smallest absolute Gasteiger partial charge is 0.262 e. The highest BCUT2D eigenvalue weighted by Crippen LogP contribution is 2.41. The van der Waals surface area contributed by atoms with Gasteiger partial charge in [-0.2, -0.15) is 4.57 Å². The molecular weight excluding hydrogens is 436 g/mol. The van der Waals surface area contributed by atoms with Gasteiger partial charge >= 0.3 is 0 Å². The molecule has 2 heterocycles. The van der Waals surface area contributed by atoms with Crippen molar-refractivity contribution in [2.75, 3.05) is 11.4 Å². The summed E-state index contributed by atoms with van der Waals surface area (Å²) in [6, 6.07) is 21.6. The van der Waals surface area contributed by atoms with Crippen molar-refractivity contribution in [2.24, 2.45) is 0 Å². The molecule has 1 aliphatic heterocycles. The predicted molar refractivity (Wildman–Crippen MR) is 144 cm³/mol. The minimum atomic E-state index is 0.848. The normalized spacial score (nSPS) is 14.7. The Kier molecular flexibility index (Phi) is 6.01. The zero-order valence-corrected chi connectivity index (χ0v) is 21.4. The number of thiazole rings is 1. The molecule has 0 aliphatic carbocycles. The number of nitrogens with zero attached hydrogens (tertiary/aromatic N) is 2. The van der Waals surface area contributed by atoms with E-state index in [1.807, 2.05) is 11.3 Å². The number of hydrogen-bond donors (Lipinski definition) is 0. The van der Waals surface area contributed by atoms with E-state index in [9.17, 15) is 0 Å². The molecule has 0 radical (unpaired) electrons. The first-order chi connectivity index (χ1) is 16.5. The lowest BCUT2D eigenvalue weighted by atomic mass is 10.0. The van der Waals surface area contributed by atoms with E-state index in [0.717, 1.165) is 30.4 Å². The van der Waals surface area contributed by atoms with Crippen LogP contribution >= 0.6 is 11.3 Å². The Labute approximate surface area is 206 Å². The van der Waals surface area contributed by atoms with E-state index in [4.69, 9.17) is 4.74 Å². The van der Waals surface area contributed by atoms with E-state index in [0.29, 0.717) is 0 Å². The van der Waals surface area contributed by atoms with Crippen LogP contribution in [0.1, 0.15) is 36.9 Å². The number of hydrogen-bond acceptors (Lipinski definition) is 3. The summed E-state index contributed by atoms with van der Waals surface area (Å²) in [7, 11) is 0. The molecule has 4 heteroatoms.